The minimum Gasteiger partial charge on any atom is -0.396 e. The molecule has 1 heterocycles. The van der Waals surface area contributed by atoms with Gasteiger partial charge in [-0.25, -0.2) is 4.90 Å². The van der Waals surface area contributed by atoms with Crippen LogP contribution in [0, 0.1) is 13.8 Å². The van der Waals surface area contributed by atoms with Gasteiger partial charge in [0.15, 0.2) is 0 Å². The molecule has 0 unspecified atom stereocenters. The number of imide groups is 1. The van der Waals surface area contributed by atoms with E-state index in [1.165, 1.54) is 16.7 Å². The van der Waals surface area contributed by atoms with E-state index in [1.54, 1.807) is 24.3 Å². The van der Waals surface area contributed by atoms with Crippen LogP contribution in [0.15, 0.2) is 51.8 Å². The Morgan fingerprint density at radius 2 is 1.69 bits per heavy atom. The van der Waals surface area contributed by atoms with Crippen LogP contribution in [0.4, 0.5) is 5.69 Å². The summed E-state index contributed by atoms with van der Waals surface area (Å²) >= 11 is 4.58. The molecule has 0 saturated heterocycles. The van der Waals surface area contributed by atoms with Crippen LogP contribution in [-0.4, -0.2) is 29.3 Å². The van der Waals surface area contributed by atoms with Crippen LogP contribution in [0.5, 0.6) is 0 Å². The normalized spacial score (nSPS) is 14.5. The third-order valence-electron chi connectivity index (χ3n) is 4.26. The number of thioether (sulfide) groups is 1. The molecule has 0 aliphatic carbocycles. The Balaban J connectivity index is 2.09. The molecular formula is C20H18BrNO3S. The Hall–Kier alpha value is -1.89. The Kier molecular flexibility index (Phi) is 5.65. The summed E-state index contributed by atoms with van der Waals surface area (Å²) in [6.07, 6.45) is 0. The Bertz CT molecular complexity index is 906. The first-order valence-corrected chi connectivity index (χ1v) is 9.92. The van der Waals surface area contributed by atoms with Crippen molar-refractivity contribution in [3.05, 3.63) is 68.5 Å². The minimum atomic E-state index is -0.344. The number of carbonyl (C=O) groups is 2. The largest absolute Gasteiger partial charge is 0.396 e. The molecular weight excluding hydrogens is 414 g/mol. The summed E-state index contributed by atoms with van der Waals surface area (Å²) in [7, 11) is 0. The molecule has 0 spiro atoms. The van der Waals surface area contributed by atoms with Crippen LogP contribution in [0.1, 0.15) is 16.7 Å². The molecule has 0 fully saturated rings. The van der Waals surface area contributed by atoms with Crippen LogP contribution >= 0.6 is 27.7 Å². The van der Waals surface area contributed by atoms with Gasteiger partial charge in [-0.1, -0.05) is 34.1 Å². The second-order valence-corrected chi connectivity index (χ2v) is 8.02. The van der Waals surface area contributed by atoms with E-state index in [2.05, 4.69) is 15.9 Å². The zero-order valence-electron chi connectivity index (χ0n) is 14.5. The average Bonchev–Trinajstić information content (AvgIpc) is 2.86. The van der Waals surface area contributed by atoms with Crippen molar-refractivity contribution in [2.24, 2.45) is 0 Å². The molecule has 1 aliphatic rings. The molecule has 0 saturated carbocycles. The van der Waals surface area contributed by atoms with Crippen molar-refractivity contribution in [3.63, 3.8) is 0 Å². The molecule has 2 aromatic rings. The molecule has 3 rings (SSSR count). The van der Waals surface area contributed by atoms with Gasteiger partial charge in [-0.3, -0.25) is 9.59 Å². The van der Waals surface area contributed by atoms with Gasteiger partial charge in [0.1, 0.15) is 0 Å². The standard InChI is InChI=1S/C20H18BrNO3S/c1-12-3-4-14(11-13(12)2)17-18(26-10-9-23)20(25)22(19(17)24)16-7-5-15(21)6-8-16/h3-8,11,23H,9-10H2,1-2H3. The fourth-order valence-corrected chi connectivity index (χ4v) is 3.89. The van der Waals surface area contributed by atoms with Crippen LogP contribution < -0.4 is 4.90 Å². The van der Waals surface area contributed by atoms with E-state index in [-0.39, 0.29) is 18.4 Å². The lowest BCUT2D eigenvalue weighted by Crippen LogP contribution is -2.31. The van der Waals surface area contributed by atoms with Crippen molar-refractivity contribution < 1.29 is 14.7 Å². The molecule has 2 amide bonds. The summed E-state index contributed by atoms with van der Waals surface area (Å²) in [4.78, 5) is 27.7. The second-order valence-electron chi connectivity index (χ2n) is 6.00. The summed E-state index contributed by atoms with van der Waals surface area (Å²) in [6, 6.07) is 12.8. The van der Waals surface area contributed by atoms with E-state index in [4.69, 9.17) is 0 Å². The van der Waals surface area contributed by atoms with E-state index in [0.717, 1.165) is 21.2 Å². The van der Waals surface area contributed by atoms with E-state index < -0.39 is 0 Å². The number of amides is 2. The van der Waals surface area contributed by atoms with Crippen LogP contribution in [0.25, 0.3) is 5.57 Å². The van der Waals surface area contributed by atoms with Gasteiger partial charge in [-0.2, -0.15) is 0 Å². The first kappa shape index (κ1) is 18.9. The fourth-order valence-electron chi connectivity index (χ4n) is 2.77. The van der Waals surface area contributed by atoms with Gasteiger partial charge in [-0.15, -0.1) is 11.8 Å². The molecule has 1 aliphatic heterocycles. The number of aliphatic hydroxyl groups is 1. The number of nitrogens with zero attached hydrogens (tertiary/aromatic N) is 1. The van der Waals surface area contributed by atoms with Crippen molar-refractivity contribution in [2.45, 2.75) is 13.8 Å². The van der Waals surface area contributed by atoms with Gasteiger partial charge >= 0.3 is 0 Å². The van der Waals surface area contributed by atoms with Gasteiger partial charge < -0.3 is 5.11 Å². The van der Waals surface area contributed by atoms with E-state index in [9.17, 15) is 14.7 Å². The molecule has 6 heteroatoms. The highest BCUT2D eigenvalue weighted by atomic mass is 79.9. The maximum absolute atomic E-state index is 13.1. The number of aryl methyl sites for hydroxylation is 2. The van der Waals surface area contributed by atoms with Crippen molar-refractivity contribution >= 4 is 50.8 Å². The maximum Gasteiger partial charge on any atom is 0.272 e. The summed E-state index contributed by atoms with van der Waals surface area (Å²) in [5, 5.41) is 9.17. The summed E-state index contributed by atoms with van der Waals surface area (Å²) < 4.78 is 0.873. The molecule has 0 bridgehead atoms. The maximum atomic E-state index is 13.1. The molecule has 0 atom stereocenters. The van der Waals surface area contributed by atoms with E-state index in [0.29, 0.717) is 21.9 Å². The highest BCUT2D eigenvalue weighted by Gasteiger charge is 2.40. The van der Waals surface area contributed by atoms with Gasteiger partial charge in [0, 0.05) is 10.2 Å². The van der Waals surface area contributed by atoms with Crippen molar-refractivity contribution in [1.82, 2.24) is 0 Å². The number of hydrogen-bond donors (Lipinski definition) is 1. The number of hydrogen-bond acceptors (Lipinski definition) is 4. The molecule has 134 valence electrons. The van der Waals surface area contributed by atoms with E-state index in [1.807, 2.05) is 32.0 Å². The summed E-state index contributed by atoms with van der Waals surface area (Å²) in [6.45, 7) is 3.92. The Morgan fingerprint density at radius 1 is 1.00 bits per heavy atom. The molecule has 0 radical (unpaired) electrons. The lowest BCUT2D eigenvalue weighted by Gasteiger charge is -2.15. The lowest BCUT2D eigenvalue weighted by atomic mass is 10.0. The Morgan fingerprint density at radius 3 is 2.31 bits per heavy atom. The quantitative estimate of drug-likeness (QED) is 0.724. The van der Waals surface area contributed by atoms with Gasteiger partial charge in [0.05, 0.1) is 22.8 Å². The molecule has 1 N–H and O–H groups in total. The third kappa shape index (κ3) is 3.49. The zero-order valence-corrected chi connectivity index (χ0v) is 16.9. The predicted octanol–water partition coefficient (Wildman–Crippen LogP) is 4.08. The SMILES string of the molecule is Cc1ccc(C2=C(SCCO)C(=O)N(c3ccc(Br)cc3)C2=O)cc1C. The second kappa shape index (κ2) is 7.78. The van der Waals surface area contributed by atoms with Crippen LogP contribution in [0.3, 0.4) is 0 Å². The number of aliphatic hydroxyl groups excluding tert-OH is 1. The van der Waals surface area contributed by atoms with Crippen molar-refractivity contribution in [2.75, 3.05) is 17.3 Å². The smallest absolute Gasteiger partial charge is 0.272 e. The van der Waals surface area contributed by atoms with Gasteiger partial charge in [0.2, 0.25) is 0 Å². The van der Waals surface area contributed by atoms with Crippen molar-refractivity contribution in [1.29, 1.82) is 0 Å². The monoisotopic (exact) mass is 431 g/mol. The highest BCUT2D eigenvalue weighted by molar-refractivity contribution is 9.10. The summed E-state index contributed by atoms with van der Waals surface area (Å²) in [5.74, 6) is -0.318. The number of halogens is 1. The highest BCUT2D eigenvalue weighted by Crippen LogP contribution is 2.38. The zero-order chi connectivity index (χ0) is 18.8. The van der Waals surface area contributed by atoms with Gasteiger partial charge in [-0.05, 0) is 54.8 Å². The Labute approximate surface area is 165 Å². The van der Waals surface area contributed by atoms with Crippen LogP contribution in [-0.2, 0) is 9.59 Å². The summed E-state index contributed by atoms with van der Waals surface area (Å²) in [5.41, 5.74) is 3.85. The number of anilines is 1. The average molecular weight is 432 g/mol. The molecule has 4 nitrogen and oxygen atoms in total. The van der Waals surface area contributed by atoms with E-state index >= 15 is 0 Å². The number of carbonyl (C=O) groups excluding carboxylic acids is 2. The van der Waals surface area contributed by atoms with Crippen molar-refractivity contribution in [3.8, 4) is 0 Å². The van der Waals surface area contributed by atoms with Gasteiger partial charge in [0.25, 0.3) is 11.8 Å². The molecule has 2 aromatic carbocycles. The lowest BCUT2D eigenvalue weighted by molar-refractivity contribution is -0.119. The first-order chi connectivity index (χ1) is 12.4. The number of rotatable bonds is 5. The number of benzene rings is 2. The minimum absolute atomic E-state index is 0.0614. The topological polar surface area (TPSA) is 57.6 Å². The first-order valence-electron chi connectivity index (χ1n) is 8.14. The molecule has 26 heavy (non-hydrogen) atoms. The third-order valence-corrected chi connectivity index (χ3v) is 5.84. The fraction of sp³-hybridized carbons (Fsp3) is 0.200. The predicted molar refractivity (Wildman–Crippen MR) is 109 cm³/mol. The molecule has 0 aromatic heterocycles. The van der Waals surface area contributed by atoms with Crippen LogP contribution in [0.2, 0.25) is 0 Å².